The first kappa shape index (κ1) is 21.1. The molecule has 8 heteroatoms. The Labute approximate surface area is 182 Å². The van der Waals surface area contributed by atoms with Gasteiger partial charge in [-0.1, -0.05) is 13.8 Å². The van der Waals surface area contributed by atoms with Crippen LogP contribution in [0.25, 0.3) is 11.0 Å². The number of carbonyl (C=O) groups excluding carboxylic acids is 1. The molecular weight excluding hydrogens is 392 g/mol. The van der Waals surface area contributed by atoms with Crippen molar-refractivity contribution in [2.75, 3.05) is 43.0 Å². The average molecular weight is 423 g/mol. The van der Waals surface area contributed by atoms with Crippen LogP contribution in [0, 0.1) is 5.92 Å². The number of esters is 1. The zero-order chi connectivity index (χ0) is 21.8. The van der Waals surface area contributed by atoms with Crippen LogP contribution >= 0.6 is 0 Å². The van der Waals surface area contributed by atoms with Gasteiger partial charge in [-0.2, -0.15) is 4.98 Å². The third-order valence-electron chi connectivity index (χ3n) is 5.52. The summed E-state index contributed by atoms with van der Waals surface area (Å²) >= 11 is 0. The molecule has 0 radical (unpaired) electrons. The minimum Gasteiger partial charge on any atom is -0.464 e. The maximum atomic E-state index is 12.6. The summed E-state index contributed by atoms with van der Waals surface area (Å²) in [6.07, 6.45) is 3.66. The summed E-state index contributed by atoms with van der Waals surface area (Å²) in [6, 6.07) is 9.81. The van der Waals surface area contributed by atoms with Crippen molar-refractivity contribution in [1.29, 1.82) is 0 Å². The predicted molar refractivity (Wildman–Crippen MR) is 123 cm³/mol. The number of hydrogen-bond donors (Lipinski definition) is 2. The molecule has 1 saturated heterocycles. The molecule has 3 aromatic rings. The summed E-state index contributed by atoms with van der Waals surface area (Å²) in [7, 11) is 0. The first-order chi connectivity index (χ1) is 15.1. The molecule has 1 fully saturated rings. The minimum atomic E-state index is -0.432. The highest BCUT2D eigenvalue weighted by Crippen LogP contribution is 2.26. The van der Waals surface area contributed by atoms with Crippen molar-refractivity contribution < 1.29 is 9.53 Å². The second-order valence-corrected chi connectivity index (χ2v) is 8.05. The second kappa shape index (κ2) is 9.34. The first-order valence-corrected chi connectivity index (χ1v) is 10.9. The van der Waals surface area contributed by atoms with Crippen molar-refractivity contribution in [3.8, 4) is 0 Å². The number of hydrogen-bond acceptors (Lipinski definition) is 7. The molecule has 3 heterocycles. The number of aromatic nitrogens is 3. The Balaban J connectivity index is 1.56. The fraction of sp³-hybridized carbons (Fsp3) is 0.435. The summed E-state index contributed by atoms with van der Waals surface area (Å²) in [6.45, 7) is 10.2. The highest BCUT2D eigenvalue weighted by atomic mass is 16.5. The lowest BCUT2D eigenvalue weighted by Crippen LogP contribution is -2.43. The van der Waals surface area contributed by atoms with Gasteiger partial charge in [0.1, 0.15) is 11.7 Å². The van der Waals surface area contributed by atoms with Gasteiger partial charge in [-0.3, -0.25) is 0 Å². The van der Waals surface area contributed by atoms with E-state index in [1.54, 1.807) is 6.20 Å². The molecule has 31 heavy (non-hydrogen) atoms. The Bertz CT molecular complexity index is 1020. The van der Waals surface area contributed by atoms with Gasteiger partial charge in [0.15, 0.2) is 0 Å². The van der Waals surface area contributed by atoms with Crippen molar-refractivity contribution in [2.24, 2.45) is 5.92 Å². The Hall–Kier alpha value is -3.13. The summed E-state index contributed by atoms with van der Waals surface area (Å²) in [5.41, 5.74) is 2.84. The monoisotopic (exact) mass is 422 g/mol. The second-order valence-electron chi connectivity index (χ2n) is 8.05. The van der Waals surface area contributed by atoms with E-state index < -0.39 is 6.04 Å². The van der Waals surface area contributed by atoms with E-state index in [4.69, 9.17) is 9.72 Å². The Morgan fingerprint density at radius 1 is 1.19 bits per heavy atom. The van der Waals surface area contributed by atoms with Crippen LogP contribution in [0.15, 0.2) is 42.7 Å². The molecule has 0 amide bonds. The lowest BCUT2D eigenvalue weighted by Gasteiger charge is -2.29. The third-order valence-corrected chi connectivity index (χ3v) is 5.52. The van der Waals surface area contributed by atoms with Gasteiger partial charge in [-0.15, -0.1) is 0 Å². The Morgan fingerprint density at radius 3 is 2.61 bits per heavy atom. The van der Waals surface area contributed by atoms with Crippen molar-refractivity contribution in [3.05, 3.63) is 42.7 Å². The van der Waals surface area contributed by atoms with Crippen LogP contribution in [0.1, 0.15) is 26.8 Å². The molecule has 4 rings (SSSR count). The summed E-state index contributed by atoms with van der Waals surface area (Å²) in [5, 5.41) is 7.54. The van der Waals surface area contributed by atoms with Crippen molar-refractivity contribution in [3.63, 3.8) is 0 Å². The molecule has 8 nitrogen and oxygen atoms in total. The molecule has 0 saturated carbocycles. The Kier molecular flexibility index (Phi) is 6.36. The van der Waals surface area contributed by atoms with Gasteiger partial charge in [0.2, 0.25) is 5.95 Å². The Morgan fingerprint density at radius 2 is 1.94 bits per heavy atom. The van der Waals surface area contributed by atoms with Crippen LogP contribution in [0.4, 0.5) is 17.3 Å². The number of nitrogens with zero attached hydrogens (tertiary/aromatic N) is 4. The number of anilines is 3. The molecule has 0 bridgehead atoms. The number of carbonyl (C=O) groups is 1. The molecule has 2 N–H and O–H groups in total. The van der Waals surface area contributed by atoms with E-state index in [2.05, 4.69) is 32.7 Å². The molecule has 0 spiro atoms. The quantitative estimate of drug-likeness (QED) is 0.565. The number of rotatable bonds is 7. The fourth-order valence-electron chi connectivity index (χ4n) is 3.96. The number of fused-ring (bicyclic) bond motifs is 1. The zero-order valence-corrected chi connectivity index (χ0v) is 18.3. The molecule has 1 atom stereocenters. The average Bonchev–Trinajstić information content (AvgIpc) is 3.18. The van der Waals surface area contributed by atoms with Crippen LogP contribution in [-0.2, 0) is 9.53 Å². The number of benzene rings is 1. The third kappa shape index (κ3) is 4.64. The maximum Gasteiger partial charge on any atom is 0.329 e. The van der Waals surface area contributed by atoms with Crippen molar-refractivity contribution in [2.45, 2.75) is 26.8 Å². The van der Waals surface area contributed by atoms with Gasteiger partial charge in [0.05, 0.1) is 6.61 Å². The van der Waals surface area contributed by atoms with Gasteiger partial charge in [0, 0.05) is 55.3 Å². The topological polar surface area (TPSA) is 84.3 Å². The smallest absolute Gasteiger partial charge is 0.329 e. The molecule has 1 aromatic carbocycles. The lowest BCUT2D eigenvalue weighted by atomic mass is 10.0. The highest BCUT2D eigenvalue weighted by molar-refractivity contribution is 5.81. The van der Waals surface area contributed by atoms with E-state index in [1.165, 1.54) is 5.69 Å². The highest BCUT2D eigenvalue weighted by Gasteiger charge is 2.27. The van der Waals surface area contributed by atoms with Crippen molar-refractivity contribution >= 4 is 34.3 Å². The normalized spacial score (nSPS) is 15.3. The number of nitrogens with one attached hydrogen (secondary N) is 2. The lowest BCUT2D eigenvalue weighted by molar-refractivity contribution is -0.148. The largest absolute Gasteiger partial charge is 0.464 e. The molecule has 0 aliphatic carbocycles. The molecule has 164 valence electrons. The number of ether oxygens (including phenoxy) is 1. The first-order valence-electron chi connectivity index (χ1n) is 10.9. The van der Waals surface area contributed by atoms with Crippen LogP contribution in [0.3, 0.4) is 0 Å². The SMILES string of the molecule is CCOC(=O)C(C(C)C)n1ccc2cnc(Nc3ccc(N4CCNCC4)cc3)nc21. The van der Waals surface area contributed by atoms with E-state index in [0.717, 1.165) is 37.3 Å². The molecular formula is C23H30N6O2. The standard InChI is InChI=1S/C23H30N6O2/c1-4-31-22(30)20(16(2)3)29-12-9-17-15-25-23(27-21(17)29)26-18-5-7-19(8-6-18)28-13-10-24-11-14-28/h5-9,12,15-16,20,24H,4,10-11,13-14H2,1-3H3,(H,25,26,27). The van der Waals surface area contributed by atoms with Gasteiger partial charge < -0.3 is 24.8 Å². The fourth-order valence-corrected chi connectivity index (χ4v) is 3.96. The number of piperazine rings is 1. The molecule has 1 unspecified atom stereocenters. The van der Waals surface area contributed by atoms with Gasteiger partial charge in [-0.25, -0.2) is 9.78 Å². The molecule has 1 aliphatic heterocycles. The summed E-state index contributed by atoms with van der Waals surface area (Å²) < 4.78 is 7.19. The minimum absolute atomic E-state index is 0.0681. The predicted octanol–water partition coefficient (Wildman–Crippen LogP) is 3.34. The van der Waals surface area contributed by atoms with Crippen LogP contribution in [0.2, 0.25) is 0 Å². The van der Waals surface area contributed by atoms with Crippen LogP contribution < -0.4 is 15.5 Å². The van der Waals surface area contributed by atoms with Gasteiger partial charge >= 0.3 is 5.97 Å². The van der Waals surface area contributed by atoms with E-state index in [0.29, 0.717) is 18.2 Å². The van der Waals surface area contributed by atoms with Crippen LogP contribution in [0.5, 0.6) is 0 Å². The van der Waals surface area contributed by atoms with Crippen molar-refractivity contribution in [1.82, 2.24) is 19.9 Å². The van der Waals surface area contributed by atoms with E-state index in [9.17, 15) is 4.79 Å². The van der Waals surface area contributed by atoms with Crippen LogP contribution in [-0.4, -0.2) is 53.3 Å². The summed E-state index contributed by atoms with van der Waals surface area (Å²) in [5.74, 6) is 0.318. The summed E-state index contributed by atoms with van der Waals surface area (Å²) in [4.78, 5) is 24.1. The molecule has 1 aliphatic rings. The van der Waals surface area contributed by atoms with E-state index in [-0.39, 0.29) is 11.9 Å². The zero-order valence-electron chi connectivity index (χ0n) is 18.3. The van der Waals surface area contributed by atoms with Gasteiger partial charge in [0.25, 0.3) is 0 Å². The van der Waals surface area contributed by atoms with E-state index in [1.807, 2.05) is 49.7 Å². The van der Waals surface area contributed by atoms with E-state index >= 15 is 0 Å². The molecule has 2 aromatic heterocycles. The maximum absolute atomic E-state index is 12.6. The van der Waals surface area contributed by atoms with Gasteiger partial charge in [-0.05, 0) is 43.2 Å².